The number of halogens is 1. The van der Waals surface area contributed by atoms with E-state index in [9.17, 15) is 14.0 Å². The van der Waals surface area contributed by atoms with Crippen molar-refractivity contribution in [3.05, 3.63) is 24.0 Å². The van der Waals surface area contributed by atoms with Gasteiger partial charge in [-0.2, -0.15) is 0 Å². The van der Waals surface area contributed by atoms with Crippen LogP contribution in [0.1, 0.15) is 0 Å². The smallest absolute Gasteiger partial charge is 0.414 e. The minimum absolute atomic E-state index is 0.0177. The molecule has 1 aromatic carbocycles. The molecule has 2 aliphatic rings. The number of benzene rings is 1. The number of hydrogen-bond acceptors (Lipinski definition) is 5. The summed E-state index contributed by atoms with van der Waals surface area (Å²) in [7, 11) is 0. The third kappa shape index (κ3) is 2.96. The molecule has 2 N–H and O–H groups in total. The van der Waals surface area contributed by atoms with Gasteiger partial charge in [0.2, 0.25) is 6.41 Å². The SMILES string of the molecule is O=CNC[C@H]1CN(c2ccc(OC3CNC3)c(F)c2)C(=O)O1. The number of cyclic esters (lactones) is 1. The van der Waals surface area contributed by atoms with Gasteiger partial charge in [-0.1, -0.05) is 0 Å². The van der Waals surface area contributed by atoms with Gasteiger partial charge in [-0.25, -0.2) is 9.18 Å². The molecule has 0 radical (unpaired) electrons. The summed E-state index contributed by atoms with van der Waals surface area (Å²) in [6.07, 6.45) is -0.486. The summed E-state index contributed by atoms with van der Waals surface area (Å²) in [5, 5.41) is 5.49. The van der Waals surface area contributed by atoms with Crippen LogP contribution in [0.2, 0.25) is 0 Å². The molecule has 0 unspecified atom stereocenters. The molecule has 0 spiro atoms. The van der Waals surface area contributed by atoms with E-state index in [1.165, 1.54) is 17.0 Å². The topological polar surface area (TPSA) is 79.9 Å². The molecule has 0 aliphatic carbocycles. The van der Waals surface area contributed by atoms with Crippen molar-refractivity contribution in [3.63, 3.8) is 0 Å². The highest BCUT2D eigenvalue weighted by molar-refractivity contribution is 5.89. The van der Waals surface area contributed by atoms with Gasteiger partial charge in [0.25, 0.3) is 0 Å². The Balaban J connectivity index is 1.67. The molecule has 1 aromatic rings. The minimum Gasteiger partial charge on any atom is -0.485 e. The van der Waals surface area contributed by atoms with Crippen molar-refractivity contribution >= 4 is 18.2 Å². The second-order valence-corrected chi connectivity index (χ2v) is 5.16. The van der Waals surface area contributed by atoms with E-state index >= 15 is 0 Å². The highest BCUT2D eigenvalue weighted by Gasteiger charge is 2.32. The third-order valence-corrected chi connectivity index (χ3v) is 3.57. The average Bonchev–Trinajstić information content (AvgIpc) is 2.83. The highest BCUT2D eigenvalue weighted by Crippen LogP contribution is 2.27. The summed E-state index contributed by atoms with van der Waals surface area (Å²) in [4.78, 5) is 23.4. The summed E-state index contributed by atoms with van der Waals surface area (Å²) >= 11 is 0. The molecule has 0 saturated carbocycles. The van der Waals surface area contributed by atoms with E-state index < -0.39 is 18.0 Å². The van der Waals surface area contributed by atoms with E-state index in [4.69, 9.17) is 9.47 Å². The van der Waals surface area contributed by atoms with Gasteiger partial charge in [-0.3, -0.25) is 9.69 Å². The Morgan fingerprint density at radius 3 is 2.95 bits per heavy atom. The van der Waals surface area contributed by atoms with Crippen LogP contribution in [0.15, 0.2) is 18.2 Å². The number of rotatable bonds is 6. The van der Waals surface area contributed by atoms with Crippen molar-refractivity contribution in [3.8, 4) is 5.75 Å². The largest absolute Gasteiger partial charge is 0.485 e. The van der Waals surface area contributed by atoms with Crippen LogP contribution < -0.4 is 20.3 Å². The van der Waals surface area contributed by atoms with E-state index in [-0.39, 0.29) is 24.9 Å². The van der Waals surface area contributed by atoms with E-state index in [2.05, 4.69) is 10.6 Å². The Kier molecular flexibility index (Phi) is 4.10. The van der Waals surface area contributed by atoms with Crippen LogP contribution in [0.25, 0.3) is 0 Å². The maximum Gasteiger partial charge on any atom is 0.414 e. The normalized spacial score (nSPS) is 21.2. The summed E-state index contributed by atoms with van der Waals surface area (Å²) in [6.45, 7) is 1.88. The van der Waals surface area contributed by atoms with Crippen LogP contribution in [-0.2, 0) is 9.53 Å². The zero-order chi connectivity index (χ0) is 15.5. The zero-order valence-corrected chi connectivity index (χ0v) is 11.8. The number of carbonyl (C=O) groups excluding carboxylic acids is 2. The van der Waals surface area contributed by atoms with E-state index in [1.807, 2.05) is 0 Å². The molecule has 3 rings (SSSR count). The predicted octanol–water partition coefficient (Wildman–Crippen LogP) is 0.247. The van der Waals surface area contributed by atoms with Crippen LogP contribution in [0.5, 0.6) is 5.75 Å². The Morgan fingerprint density at radius 2 is 2.32 bits per heavy atom. The Bertz CT molecular complexity index is 579. The van der Waals surface area contributed by atoms with Gasteiger partial charge >= 0.3 is 6.09 Å². The number of ether oxygens (including phenoxy) is 2. The van der Waals surface area contributed by atoms with Gasteiger partial charge in [0, 0.05) is 19.2 Å². The lowest BCUT2D eigenvalue weighted by Gasteiger charge is -2.28. The summed E-state index contributed by atoms with van der Waals surface area (Å²) in [5.41, 5.74) is 0.398. The van der Waals surface area contributed by atoms with Crippen molar-refractivity contribution in [1.82, 2.24) is 10.6 Å². The Hall–Kier alpha value is -2.35. The zero-order valence-electron chi connectivity index (χ0n) is 11.8. The maximum atomic E-state index is 14.1. The minimum atomic E-state index is -0.561. The lowest BCUT2D eigenvalue weighted by atomic mass is 10.2. The summed E-state index contributed by atoms with van der Waals surface area (Å²) in [6, 6.07) is 4.37. The Morgan fingerprint density at radius 1 is 1.50 bits per heavy atom. The molecule has 118 valence electrons. The van der Waals surface area contributed by atoms with Gasteiger partial charge in [0.15, 0.2) is 11.6 Å². The molecule has 8 heteroatoms. The maximum absolute atomic E-state index is 14.1. The lowest BCUT2D eigenvalue weighted by molar-refractivity contribution is -0.109. The second kappa shape index (κ2) is 6.18. The first kappa shape index (κ1) is 14.6. The monoisotopic (exact) mass is 309 g/mol. The van der Waals surface area contributed by atoms with Crippen molar-refractivity contribution in [1.29, 1.82) is 0 Å². The van der Waals surface area contributed by atoms with Gasteiger partial charge < -0.3 is 20.1 Å². The fourth-order valence-corrected chi connectivity index (χ4v) is 2.30. The van der Waals surface area contributed by atoms with Crippen LogP contribution >= 0.6 is 0 Å². The number of anilines is 1. The molecule has 2 heterocycles. The third-order valence-electron chi connectivity index (χ3n) is 3.57. The van der Waals surface area contributed by atoms with Crippen molar-refractivity contribution in [2.45, 2.75) is 12.2 Å². The molecule has 1 atom stereocenters. The van der Waals surface area contributed by atoms with Gasteiger partial charge in [0.1, 0.15) is 12.2 Å². The van der Waals surface area contributed by atoms with Gasteiger partial charge in [0.05, 0.1) is 18.8 Å². The molecule has 2 amide bonds. The summed E-state index contributed by atoms with van der Waals surface area (Å²) in [5.74, 6) is -0.353. The van der Waals surface area contributed by atoms with Crippen molar-refractivity contribution in [2.24, 2.45) is 0 Å². The fourth-order valence-electron chi connectivity index (χ4n) is 2.30. The second-order valence-electron chi connectivity index (χ2n) is 5.16. The van der Waals surface area contributed by atoms with E-state index in [0.717, 1.165) is 0 Å². The molecule has 22 heavy (non-hydrogen) atoms. The van der Waals surface area contributed by atoms with Gasteiger partial charge in [-0.05, 0) is 12.1 Å². The molecule has 0 bridgehead atoms. The van der Waals surface area contributed by atoms with Crippen molar-refractivity contribution in [2.75, 3.05) is 31.1 Å². The molecule has 7 nitrogen and oxygen atoms in total. The first-order valence-corrected chi connectivity index (χ1v) is 6.99. The average molecular weight is 309 g/mol. The standard InChI is InChI=1S/C14H16FN3O4/c15-12-3-9(1-2-13(12)21-10-4-16-5-10)18-7-11(6-17-8-19)22-14(18)20/h1-3,8,10-11,16H,4-7H2,(H,17,19)/t11-/m0/s1. The Labute approximate surface area is 126 Å². The van der Waals surface area contributed by atoms with Crippen LogP contribution in [0, 0.1) is 5.82 Å². The van der Waals surface area contributed by atoms with Crippen LogP contribution in [0.3, 0.4) is 0 Å². The van der Waals surface area contributed by atoms with Crippen LogP contribution in [0.4, 0.5) is 14.9 Å². The lowest BCUT2D eigenvalue weighted by Crippen LogP contribution is -2.50. The number of nitrogens with zero attached hydrogens (tertiary/aromatic N) is 1. The predicted molar refractivity (Wildman–Crippen MR) is 75.4 cm³/mol. The van der Waals surface area contributed by atoms with E-state index in [0.29, 0.717) is 25.2 Å². The van der Waals surface area contributed by atoms with Gasteiger partial charge in [-0.15, -0.1) is 0 Å². The molecule has 0 aromatic heterocycles. The first-order chi connectivity index (χ1) is 10.7. The number of nitrogens with one attached hydrogen (secondary N) is 2. The van der Waals surface area contributed by atoms with Crippen LogP contribution in [-0.4, -0.2) is 50.9 Å². The van der Waals surface area contributed by atoms with E-state index in [1.54, 1.807) is 6.07 Å². The number of carbonyl (C=O) groups is 2. The molecular formula is C14H16FN3O4. The summed E-state index contributed by atoms with van der Waals surface area (Å²) < 4.78 is 24.6. The number of amides is 2. The highest BCUT2D eigenvalue weighted by atomic mass is 19.1. The molecule has 2 saturated heterocycles. The fraction of sp³-hybridized carbons (Fsp3) is 0.429. The molecule has 2 fully saturated rings. The quantitative estimate of drug-likeness (QED) is 0.736. The molecule has 2 aliphatic heterocycles. The first-order valence-electron chi connectivity index (χ1n) is 6.99. The molecular weight excluding hydrogens is 293 g/mol. The van der Waals surface area contributed by atoms with Crippen molar-refractivity contribution < 1.29 is 23.5 Å². The number of hydrogen-bond donors (Lipinski definition) is 2.